The Morgan fingerprint density at radius 2 is 2.12 bits per heavy atom. The SMILES string of the molecule is Cc1nc(C(NC(=O)CC2(O)CCCC2)c2ccccc2F)no1. The first-order chi connectivity index (χ1) is 11.5. The van der Waals surface area contributed by atoms with Gasteiger partial charge in [0.05, 0.1) is 12.0 Å². The first kappa shape index (κ1) is 16.6. The summed E-state index contributed by atoms with van der Waals surface area (Å²) in [4.78, 5) is 16.5. The molecule has 0 saturated heterocycles. The standard InChI is InChI=1S/C17H20FN3O3/c1-11-19-16(21-24-11)15(12-6-2-3-7-13(12)18)20-14(22)10-17(23)8-4-5-9-17/h2-3,6-7,15,23H,4-5,8-10H2,1H3,(H,20,22). The van der Waals surface area contributed by atoms with E-state index in [1.165, 1.54) is 6.07 Å². The van der Waals surface area contributed by atoms with Gasteiger partial charge in [-0.2, -0.15) is 4.98 Å². The fourth-order valence-corrected chi connectivity index (χ4v) is 3.14. The van der Waals surface area contributed by atoms with Crippen molar-refractivity contribution >= 4 is 5.91 Å². The zero-order chi connectivity index (χ0) is 17.2. The molecule has 0 aliphatic heterocycles. The van der Waals surface area contributed by atoms with Crippen molar-refractivity contribution in [2.45, 2.75) is 50.7 Å². The summed E-state index contributed by atoms with van der Waals surface area (Å²) in [5.74, 6) is -0.320. The second-order valence-electron chi connectivity index (χ2n) is 6.30. The van der Waals surface area contributed by atoms with Crippen molar-refractivity contribution in [2.75, 3.05) is 0 Å². The van der Waals surface area contributed by atoms with Gasteiger partial charge >= 0.3 is 0 Å². The quantitative estimate of drug-likeness (QED) is 0.877. The molecule has 0 radical (unpaired) electrons. The molecule has 0 spiro atoms. The Labute approximate surface area is 139 Å². The molecule has 1 aliphatic rings. The molecule has 1 aromatic carbocycles. The van der Waals surface area contributed by atoms with Crippen LogP contribution in [0.4, 0.5) is 4.39 Å². The normalized spacial score (nSPS) is 17.6. The van der Waals surface area contributed by atoms with Crippen LogP contribution >= 0.6 is 0 Å². The highest BCUT2D eigenvalue weighted by Crippen LogP contribution is 2.32. The average molecular weight is 333 g/mol. The monoisotopic (exact) mass is 333 g/mol. The van der Waals surface area contributed by atoms with Gasteiger partial charge in [-0.15, -0.1) is 0 Å². The fraction of sp³-hybridized carbons (Fsp3) is 0.471. The van der Waals surface area contributed by atoms with Crippen LogP contribution < -0.4 is 5.32 Å². The maximum atomic E-state index is 14.2. The van der Waals surface area contributed by atoms with Crippen LogP contribution in [0.25, 0.3) is 0 Å². The van der Waals surface area contributed by atoms with Gasteiger partial charge in [0.1, 0.15) is 11.9 Å². The van der Waals surface area contributed by atoms with Crippen LogP contribution in [-0.2, 0) is 4.79 Å². The summed E-state index contributed by atoms with van der Waals surface area (Å²) >= 11 is 0. The number of aryl methyl sites for hydroxylation is 1. The number of carbonyl (C=O) groups excluding carboxylic acids is 1. The first-order valence-corrected chi connectivity index (χ1v) is 8.03. The molecule has 1 unspecified atom stereocenters. The number of hydrogen-bond donors (Lipinski definition) is 2. The van der Waals surface area contributed by atoms with Gasteiger partial charge in [0, 0.05) is 12.5 Å². The molecule has 1 amide bonds. The van der Waals surface area contributed by atoms with E-state index < -0.39 is 17.5 Å². The van der Waals surface area contributed by atoms with Crippen LogP contribution in [-0.4, -0.2) is 26.8 Å². The summed E-state index contributed by atoms with van der Waals surface area (Å²) in [6.07, 6.45) is 3.00. The molecule has 1 heterocycles. The van der Waals surface area contributed by atoms with E-state index in [0.717, 1.165) is 12.8 Å². The Morgan fingerprint density at radius 1 is 1.42 bits per heavy atom. The number of benzene rings is 1. The maximum Gasteiger partial charge on any atom is 0.223 e. The highest BCUT2D eigenvalue weighted by Gasteiger charge is 2.35. The Balaban J connectivity index is 1.83. The summed E-state index contributed by atoms with van der Waals surface area (Å²) in [6.45, 7) is 1.62. The number of aromatic nitrogens is 2. The third kappa shape index (κ3) is 3.62. The molecule has 1 aliphatic carbocycles. The van der Waals surface area contributed by atoms with Gasteiger partial charge in [-0.05, 0) is 18.9 Å². The molecule has 3 rings (SSSR count). The van der Waals surface area contributed by atoms with E-state index in [2.05, 4.69) is 15.5 Å². The molecule has 6 nitrogen and oxygen atoms in total. The number of nitrogens with zero attached hydrogens (tertiary/aromatic N) is 2. The van der Waals surface area contributed by atoms with Crippen LogP contribution in [0.1, 0.15) is 55.4 Å². The molecular weight excluding hydrogens is 313 g/mol. The van der Waals surface area contributed by atoms with E-state index >= 15 is 0 Å². The van der Waals surface area contributed by atoms with E-state index in [0.29, 0.717) is 18.7 Å². The second kappa shape index (κ2) is 6.68. The zero-order valence-electron chi connectivity index (χ0n) is 13.5. The lowest BCUT2D eigenvalue weighted by Gasteiger charge is -2.23. The zero-order valence-corrected chi connectivity index (χ0v) is 13.5. The highest BCUT2D eigenvalue weighted by molar-refractivity contribution is 5.78. The van der Waals surface area contributed by atoms with Crippen molar-refractivity contribution in [2.24, 2.45) is 0 Å². The van der Waals surface area contributed by atoms with Gasteiger partial charge < -0.3 is 14.9 Å². The topological polar surface area (TPSA) is 88.2 Å². The van der Waals surface area contributed by atoms with Crippen molar-refractivity contribution in [1.82, 2.24) is 15.5 Å². The molecule has 1 saturated carbocycles. The van der Waals surface area contributed by atoms with Crippen molar-refractivity contribution in [3.8, 4) is 0 Å². The van der Waals surface area contributed by atoms with Crippen molar-refractivity contribution in [3.05, 3.63) is 47.4 Å². The van der Waals surface area contributed by atoms with Crippen LogP contribution in [0.5, 0.6) is 0 Å². The average Bonchev–Trinajstić information content (AvgIpc) is 3.14. The fourth-order valence-electron chi connectivity index (χ4n) is 3.14. The van der Waals surface area contributed by atoms with Gasteiger partial charge in [0.15, 0.2) is 5.82 Å². The van der Waals surface area contributed by atoms with Crippen LogP contribution in [0.2, 0.25) is 0 Å². The number of carbonyl (C=O) groups is 1. The van der Waals surface area contributed by atoms with E-state index in [1.54, 1.807) is 25.1 Å². The molecule has 7 heteroatoms. The first-order valence-electron chi connectivity index (χ1n) is 8.03. The predicted molar refractivity (Wildman–Crippen MR) is 83.5 cm³/mol. The molecule has 1 fully saturated rings. The molecule has 24 heavy (non-hydrogen) atoms. The summed E-state index contributed by atoms with van der Waals surface area (Å²) in [6, 6.07) is 5.26. The molecular formula is C17H20FN3O3. The van der Waals surface area contributed by atoms with Gasteiger partial charge in [-0.3, -0.25) is 4.79 Å². The maximum absolute atomic E-state index is 14.2. The van der Waals surface area contributed by atoms with Crippen LogP contribution in [0, 0.1) is 12.7 Å². The third-order valence-electron chi connectivity index (χ3n) is 4.35. The van der Waals surface area contributed by atoms with Gasteiger partial charge in [-0.1, -0.05) is 36.2 Å². The van der Waals surface area contributed by atoms with Crippen LogP contribution in [0.3, 0.4) is 0 Å². The number of halogens is 1. The molecule has 1 aromatic heterocycles. The predicted octanol–water partition coefficient (Wildman–Crippen LogP) is 2.42. The lowest BCUT2D eigenvalue weighted by atomic mass is 9.97. The third-order valence-corrected chi connectivity index (χ3v) is 4.35. The van der Waals surface area contributed by atoms with Crippen LogP contribution in [0.15, 0.2) is 28.8 Å². The number of nitrogens with one attached hydrogen (secondary N) is 1. The smallest absolute Gasteiger partial charge is 0.223 e. The Bertz CT molecular complexity index is 725. The lowest BCUT2D eigenvalue weighted by molar-refractivity contribution is -0.126. The molecule has 1 atom stereocenters. The van der Waals surface area contributed by atoms with E-state index in [1.807, 2.05) is 0 Å². The van der Waals surface area contributed by atoms with E-state index in [9.17, 15) is 14.3 Å². The Kier molecular flexibility index (Phi) is 4.62. The van der Waals surface area contributed by atoms with Gasteiger partial charge in [0.2, 0.25) is 11.8 Å². The van der Waals surface area contributed by atoms with Crippen molar-refractivity contribution in [1.29, 1.82) is 0 Å². The molecule has 128 valence electrons. The molecule has 2 aromatic rings. The van der Waals surface area contributed by atoms with Crippen molar-refractivity contribution < 1.29 is 18.8 Å². The lowest BCUT2D eigenvalue weighted by Crippen LogP contribution is -2.37. The summed E-state index contributed by atoms with van der Waals surface area (Å²) in [7, 11) is 0. The summed E-state index contributed by atoms with van der Waals surface area (Å²) < 4.78 is 19.1. The molecule has 2 N–H and O–H groups in total. The number of rotatable bonds is 5. The Hall–Kier alpha value is -2.28. The second-order valence-corrected chi connectivity index (χ2v) is 6.30. The largest absolute Gasteiger partial charge is 0.389 e. The highest BCUT2D eigenvalue weighted by atomic mass is 19.1. The minimum Gasteiger partial charge on any atom is -0.389 e. The summed E-state index contributed by atoms with van der Waals surface area (Å²) in [5, 5.41) is 16.9. The number of amides is 1. The minimum atomic E-state index is -0.975. The Morgan fingerprint density at radius 3 is 2.75 bits per heavy atom. The van der Waals surface area contributed by atoms with E-state index in [4.69, 9.17) is 4.52 Å². The van der Waals surface area contributed by atoms with Gasteiger partial charge in [-0.25, -0.2) is 4.39 Å². The summed E-state index contributed by atoms with van der Waals surface area (Å²) in [5.41, 5.74) is -0.720. The van der Waals surface area contributed by atoms with Crippen molar-refractivity contribution in [3.63, 3.8) is 0 Å². The van der Waals surface area contributed by atoms with Gasteiger partial charge in [0.25, 0.3) is 0 Å². The number of aliphatic hydroxyl groups is 1. The number of hydrogen-bond acceptors (Lipinski definition) is 5. The van der Waals surface area contributed by atoms with E-state index in [-0.39, 0.29) is 23.7 Å². The minimum absolute atomic E-state index is 0.0191. The molecule has 0 bridgehead atoms.